The van der Waals surface area contributed by atoms with E-state index >= 15 is 0 Å². The third kappa shape index (κ3) is 4.54. The lowest BCUT2D eigenvalue weighted by Crippen LogP contribution is -2.32. The van der Waals surface area contributed by atoms with Crippen LogP contribution in [0.2, 0.25) is 0 Å². The monoisotopic (exact) mass is 676 g/mol. The van der Waals surface area contributed by atoms with Crippen molar-refractivity contribution < 1.29 is 38.6 Å². The van der Waals surface area contributed by atoms with Gasteiger partial charge in [0.05, 0.1) is 42.7 Å². The van der Waals surface area contributed by atoms with E-state index in [-0.39, 0.29) is 11.5 Å². The number of aromatic hydroxyl groups is 2. The molecule has 2 N–H and O–H groups in total. The number of methoxy groups -OCH3 is 6. The Hall–Kier alpha value is -5.64. The molecule has 0 unspecified atom stereocenters. The molecule has 0 atom stereocenters. The summed E-state index contributed by atoms with van der Waals surface area (Å²) in [6.45, 7) is 2.68. The second-order valence-electron chi connectivity index (χ2n) is 12.8. The van der Waals surface area contributed by atoms with Gasteiger partial charge >= 0.3 is 0 Å². The molecule has 10 nitrogen and oxygen atoms in total. The smallest absolute Gasteiger partial charge is 0.166 e. The van der Waals surface area contributed by atoms with Crippen molar-refractivity contribution >= 4 is 23.5 Å². The number of hydrogen-bond acceptors (Lipinski definition) is 10. The Balaban J connectivity index is 1.34. The molecule has 258 valence electrons. The fourth-order valence-corrected chi connectivity index (χ4v) is 8.23. The minimum atomic E-state index is -0.00380. The number of rotatable bonds is 7. The number of phenolic OH excluding ortho intramolecular Hbond substituents is 2. The van der Waals surface area contributed by atoms with Gasteiger partial charge in [0.2, 0.25) is 0 Å². The Labute approximate surface area is 291 Å². The number of benzene rings is 4. The van der Waals surface area contributed by atoms with E-state index in [4.69, 9.17) is 28.4 Å². The van der Waals surface area contributed by atoms with Crippen molar-refractivity contribution in [2.45, 2.75) is 25.9 Å². The van der Waals surface area contributed by atoms with Crippen LogP contribution in [-0.4, -0.2) is 75.8 Å². The molecule has 4 aliphatic heterocycles. The van der Waals surface area contributed by atoms with Crippen LogP contribution in [-0.2, 0) is 25.9 Å². The van der Waals surface area contributed by atoms with Crippen LogP contribution in [0.3, 0.4) is 0 Å². The molecule has 0 bridgehead atoms. The summed E-state index contributed by atoms with van der Waals surface area (Å²) in [5.74, 6) is 3.51. The van der Waals surface area contributed by atoms with Gasteiger partial charge in [0, 0.05) is 71.0 Å². The second-order valence-corrected chi connectivity index (χ2v) is 12.8. The lowest BCUT2D eigenvalue weighted by molar-refractivity contribution is 0.333. The summed E-state index contributed by atoms with van der Waals surface area (Å²) in [6.07, 6.45) is 5.59. The maximum Gasteiger partial charge on any atom is 0.166 e. The van der Waals surface area contributed by atoms with E-state index < -0.39 is 0 Å². The highest BCUT2D eigenvalue weighted by Crippen LogP contribution is 2.55. The Morgan fingerprint density at radius 1 is 0.500 bits per heavy atom. The van der Waals surface area contributed by atoms with Crippen LogP contribution in [0, 0.1) is 0 Å². The normalized spacial score (nSPS) is 15.2. The minimum absolute atomic E-state index is 0.00380. The van der Waals surface area contributed by atoms with Crippen LogP contribution in [0.15, 0.2) is 36.4 Å². The Kier molecular flexibility index (Phi) is 7.62. The second kappa shape index (κ2) is 12.0. The fraction of sp³-hybridized carbons (Fsp3) is 0.300. The minimum Gasteiger partial charge on any atom is -0.504 e. The summed E-state index contributed by atoms with van der Waals surface area (Å²) < 4.78 is 34.4. The lowest BCUT2D eigenvalue weighted by atomic mass is 9.80. The molecular weight excluding hydrogens is 636 g/mol. The van der Waals surface area contributed by atoms with Gasteiger partial charge in [-0.05, 0) is 71.5 Å². The van der Waals surface area contributed by atoms with Crippen molar-refractivity contribution in [3.8, 4) is 57.1 Å². The summed E-state index contributed by atoms with van der Waals surface area (Å²) in [5, 5.41) is 23.9. The number of fused-ring (bicyclic) bond motifs is 8. The van der Waals surface area contributed by atoms with Gasteiger partial charge in [-0.2, -0.15) is 0 Å². The van der Waals surface area contributed by atoms with Gasteiger partial charge in [0.1, 0.15) is 0 Å². The van der Waals surface area contributed by atoms with Gasteiger partial charge in [0.25, 0.3) is 0 Å². The predicted molar refractivity (Wildman–Crippen MR) is 191 cm³/mol. The number of hydrogen-bond donors (Lipinski definition) is 2. The van der Waals surface area contributed by atoms with Gasteiger partial charge in [-0.25, -0.2) is 0 Å². The highest BCUT2D eigenvalue weighted by Gasteiger charge is 2.37. The third-order valence-electron chi connectivity index (χ3n) is 10.6. The Bertz CT molecular complexity index is 1980. The molecule has 4 heterocycles. The molecule has 0 spiro atoms. The van der Waals surface area contributed by atoms with Crippen molar-refractivity contribution in [1.29, 1.82) is 0 Å². The topological polar surface area (TPSA) is 102 Å². The molecule has 0 fully saturated rings. The van der Waals surface area contributed by atoms with Crippen molar-refractivity contribution in [2.24, 2.45) is 0 Å². The number of nitrogens with zero attached hydrogens (tertiary/aromatic N) is 2. The maximum atomic E-state index is 11.9. The van der Waals surface area contributed by atoms with E-state index in [9.17, 15) is 10.2 Å². The highest BCUT2D eigenvalue weighted by molar-refractivity contribution is 5.97. The van der Waals surface area contributed by atoms with Crippen LogP contribution in [0.4, 0.5) is 0 Å². The van der Waals surface area contributed by atoms with Crippen LogP contribution in [0.5, 0.6) is 46.0 Å². The molecule has 0 aliphatic carbocycles. The van der Waals surface area contributed by atoms with Gasteiger partial charge < -0.3 is 48.4 Å². The van der Waals surface area contributed by atoms with Crippen molar-refractivity contribution in [1.82, 2.24) is 9.80 Å². The van der Waals surface area contributed by atoms with Crippen molar-refractivity contribution in [3.63, 3.8) is 0 Å². The maximum absolute atomic E-state index is 11.9. The van der Waals surface area contributed by atoms with Gasteiger partial charge in [0.15, 0.2) is 46.0 Å². The average molecular weight is 677 g/mol. The molecule has 4 aromatic carbocycles. The molecular formula is C40H40N2O8. The number of phenols is 2. The van der Waals surface area contributed by atoms with Crippen LogP contribution >= 0.6 is 0 Å². The first-order valence-electron chi connectivity index (χ1n) is 16.6. The van der Waals surface area contributed by atoms with E-state index in [1.807, 2.05) is 36.4 Å². The zero-order chi connectivity index (χ0) is 34.8. The van der Waals surface area contributed by atoms with Crippen LogP contribution in [0.25, 0.3) is 34.7 Å². The molecule has 0 saturated carbocycles. The first-order valence-corrected chi connectivity index (χ1v) is 16.6. The zero-order valence-electron chi connectivity index (χ0n) is 29.1. The van der Waals surface area contributed by atoms with Crippen molar-refractivity contribution in [3.05, 3.63) is 80.9 Å². The Morgan fingerprint density at radius 3 is 1.26 bits per heavy atom. The van der Waals surface area contributed by atoms with Crippen LogP contribution < -0.4 is 28.4 Å². The molecule has 0 radical (unpaired) electrons. The molecule has 10 heteroatoms. The summed E-state index contributed by atoms with van der Waals surface area (Å²) in [7, 11) is 9.74. The largest absolute Gasteiger partial charge is 0.504 e. The SMILES string of the molecule is COc1cc2c(c(-c3c(O)c(OC)cc4c3CCN3Cc5c(ccc(OC)c5OC)C=C43)c1O)CCN1Cc3c(ccc(OC)c3OC)C=C21. The van der Waals surface area contributed by atoms with Gasteiger partial charge in [-0.1, -0.05) is 12.1 Å². The standard InChI is InChI=1S/C40H40N2O8/c1-45-31-9-7-21-15-29-25-17-33(47-3)37(43)35(23(25)11-13-41(29)19-27(21)39(31)49-5)36-24-12-14-42-20-28-22(8-10-32(46-2)40(28)50-6)16-30(42)26(24)18-34(48-4)38(36)44/h7-10,15-18,43-44H,11-14,19-20H2,1-6H3. The predicted octanol–water partition coefficient (Wildman–Crippen LogP) is 6.56. The fourth-order valence-electron chi connectivity index (χ4n) is 8.23. The quantitative estimate of drug-likeness (QED) is 0.224. The average Bonchev–Trinajstić information content (AvgIpc) is 3.15. The lowest BCUT2D eigenvalue weighted by Gasteiger charge is -2.40. The van der Waals surface area contributed by atoms with E-state index in [2.05, 4.69) is 22.0 Å². The molecule has 0 aromatic heterocycles. The molecule has 4 aromatic rings. The highest BCUT2D eigenvalue weighted by atomic mass is 16.5. The van der Waals surface area contributed by atoms with E-state index in [0.717, 1.165) is 67.4 Å². The first kappa shape index (κ1) is 31.6. The van der Waals surface area contributed by atoms with Gasteiger partial charge in [-0.15, -0.1) is 0 Å². The summed E-state index contributed by atoms with van der Waals surface area (Å²) in [5.41, 5.74) is 11.2. The third-order valence-corrected chi connectivity index (χ3v) is 10.6. The number of ether oxygens (including phenoxy) is 6. The van der Waals surface area contributed by atoms with E-state index in [1.54, 1.807) is 42.7 Å². The Morgan fingerprint density at radius 2 is 0.900 bits per heavy atom. The van der Waals surface area contributed by atoms with E-state index in [1.165, 1.54) is 0 Å². The summed E-state index contributed by atoms with van der Waals surface area (Å²) in [6, 6.07) is 11.8. The summed E-state index contributed by atoms with van der Waals surface area (Å²) in [4.78, 5) is 4.64. The van der Waals surface area contributed by atoms with E-state index in [0.29, 0.717) is 73.1 Å². The molecule has 50 heavy (non-hydrogen) atoms. The zero-order valence-corrected chi connectivity index (χ0v) is 29.1. The van der Waals surface area contributed by atoms with Gasteiger partial charge in [-0.3, -0.25) is 0 Å². The summed E-state index contributed by atoms with van der Waals surface area (Å²) >= 11 is 0. The van der Waals surface area contributed by atoms with Crippen LogP contribution in [0.1, 0.15) is 44.5 Å². The molecule has 0 saturated heterocycles. The molecule has 0 amide bonds. The molecule has 8 rings (SSSR count). The van der Waals surface area contributed by atoms with Crippen molar-refractivity contribution in [2.75, 3.05) is 55.7 Å². The first-order chi connectivity index (χ1) is 24.3. The molecule has 4 aliphatic rings.